The molecule has 0 aromatic heterocycles. The molecule has 0 aromatic carbocycles. The van der Waals surface area contributed by atoms with Crippen LogP contribution in [0.15, 0.2) is 38.0 Å². The van der Waals surface area contributed by atoms with Crippen molar-refractivity contribution in [2.75, 3.05) is 20.0 Å². The SMILES string of the molecule is C=CC(=O)N1CN(C(=O)C=C)CN(C(=O)C=C)C1. The molecular weight excluding hydrogens is 234 g/mol. The average molecular weight is 249 g/mol. The quantitative estimate of drug-likeness (QED) is 0.657. The first-order chi connectivity index (χ1) is 8.53. The lowest BCUT2D eigenvalue weighted by molar-refractivity contribution is -0.152. The van der Waals surface area contributed by atoms with Crippen molar-refractivity contribution in [3.8, 4) is 0 Å². The first-order valence-corrected chi connectivity index (χ1v) is 5.27. The maximum Gasteiger partial charge on any atom is 0.248 e. The highest BCUT2D eigenvalue weighted by atomic mass is 16.2. The molecule has 96 valence electrons. The van der Waals surface area contributed by atoms with E-state index in [-0.39, 0.29) is 37.7 Å². The second-order valence-electron chi connectivity index (χ2n) is 3.67. The smallest absolute Gasteiger partial charge is 0.248 e. The zero-order valence-corrected chi connectivity index (χ0v) is 10.0. The normalized spacial score (nSPS) is 15.0. The number of nitrogens with zero attached hydrogens (tertiary/aromatic N) is 3. The molecule has 18 heavy (non-hydrogen) atoms. The van der Waals surface area contributed by atoms with E-state index in [0.29, 0.717) is 0 Å². The lowest BCUT2D eigenvalue weighted by atomic mass is 10.4. The Bertz CT molecular complexity index is 349. The minimum atomic E-state index is -0.349. The number of carbonyl (C=O) groups is 3. The van der Waals surface area contributed by atoms with E-state index in [2.05, 4.69) is 19.7 Å². The lowest BCUT2D eigenvalue weighted by Gasteiger charge is -2.41. The highest BCUT2D eigenvalue weighted by Gasteiger charge is 2.29. The van der Waals surface area contributed by atoms with E-state index in [1.807, 2.05) is 0 Å². The molecule has 3 amide bonds. The molecule has 1 rings (SSSR count). The van der Waals surface area contributed by atoms with Crippen LogP contribution in [0.5, 0.6) is 0 Å². The van der Waals surface area contributed by atoms with Crippen molar-refractivity contribution in [2.24, 2.45) is 0 Å². The van der Waals surface area contributed by atoms with Crippen LogP contribution in [0.25, 0.3) is 0 Å². The Labute approximate surface area is 105 Å². The van der Waals surface area contributed by atoms with E-state index < -0.39 is 0 Å². The highest BCUT2D eigenvalue weighted by molar-refractivity contribution is 5.92. The molecule has 0 radical (unpaired) electrons. The third-order valence-corrected chi connectivity index (χ3v) is 2.48. The Balaban J connectivity index is 2.91. The highest BCUT2D eigenvalue weighted by Crippen LogP contribution is 2.09. The third kappa shape index (κ3) is 2.85. The Morgan fingerprint density at radius 3 is 1.06 bits per heavy atom. The fourth-order valence-corrected chi connectivity index (χ4v) is 1.56. The molecule has 1 aliphatic heterocycles. The van der Waals surface area contributed by atoms with Crippen LogP contribution in [0, 0.1) is 0 Å². The molecule has 6 heteroatoms. The van der Waals surface area contributed by atoms with Crippen LogP contribution in [-0.2, 0) is 14.4 Å². The molecule has 1 aliphatic rings. The van der Waals surface area contributed by atoms with E-state index in [4.69, 9.17) is 0 Å². The molecule has 0 atom stereocenters. The maximum absolute atomic E-state index is 11.6. The van der Waals surface area contributed by atoms with Crippen molar-refractivity contribution >= 4 is 17.7 Å². The topological polar surface area (TPSA) is 60.9 Å². The molecule has 0 aromatic rings. The first kappa shape index (κ1) is 13.7. The van der Waals surface area contributed by atoms with E-state index in [0.717, 1.165) is 18.2 Å². The van der Waals surface area contributed by atoms with Crippen LogP contribution in [0.4, 0.5) is 0 Å². The zero-order chi connectivity index (χ0) is 13.7. The van der Waals surface area contributed by atoms with Gasteiger partial charge in [-0.15, -0.1) is 0 Å². The van der Waals surface area contributed by atoms with Gasteiger partial charge in [0.25, 0.3) is 0 Å². The van der Waals surface area contributed by atoms with Crippen molar-refractivity contribution in [2.45, 2.75) is 0 Å². The van der Waals surface area contributed by atoms with Crippen molar-refractivity contribution < 1.29 is 14.4 Å². The summed E-state index contributed by atoms with van der Waals surface area (Å²) in [5.74, 6) is -1.05. The zero-order valence-electron chi connectivity index (χ0n) is 10.0. The fourth-order valence-electron chi connectivity index (χ4n) is 1.56. The number of amides is 3. The largest absolute Gasteiger partial charge is 0.303 e. The summed E-state index contributed by atoms with van der Waals surface area (Å²) in [7, 11) is 0. The van der Waals surface area contributed by atoms with Crippen LogP contribution < -0.4 is 0 Å². The van der Waals surface area contributed by atoms with Gasteiger partial charge in [0.15, 0.2) is 0 Å². The van der Waals surface area contributed by atoms with Gasteiger partial charge in [-0.05, 0) is 18.2 Å². The Kier molecular flexibility index (Phi) is 4.42. The van der Waals surface area contributed by atoms with Gasteiger partial charge in [0, 0.05) is 0 Å². The maximum atomic E-state index is 11.6. The minimum absolute atomic E-state index is 0.108. The summed E-state index contributed by atoms with van der Waals surface area (Å²) < 4.78 is 0. The van der Waals surface area contributed by atoms with Crippen molar-refractivity contribution in [1.82, 2.24) is 14.7 Å². The van der Waals surface area contributed by atoms with E-state index in [1.165, 1.54) is 14.7 Å². The number of rotatable bonds is 3. The number of hydrogen-bond acceptors (Lipinski definition) is 3. The molecule has 0 saturated carbocycles. The van der Waals surface area contributed by atoms with Gasteiger partial charge in [0.1, 0.15) is 0 Å². The second kappa shape index (κ2) is 5.81. The number of hydrogen-bond donors (Lipinski definition) is 0. The van der Waals surface area contributed by atoms with Crippen molar-refractivity contribution in [3.63, 3.8) is 0 Å². The molecule has 6 nitrogen and oxygen atoms in total. The Morgan fingerprint density at radius 2 is 0.889 bits per heavy atom. The van der Waals surface area contributed by atoms with E-state index in [1.54, 1.807) is 0 Å². The van der Waals surface area contributed by atoms with Crippen LogP contribution >= 0.6 is 0 Å². The summed E-state index contributed by atoms with van der Waals surface area (Å²) in [6, 6.07) is 0. The molecule has 1 fully saturated rings. The van der Waals surface area contributed by atoms with Gasteiger partial charge < -0.3 is 14.7 Å². The van der Waals surface area contributed by atoms with Gasteiger partial charge in [-0.25, -0.2) is 0 Å². The number of carbonyl (C=O) groups excluding carboxylic acids is 3. The summed E-state index contributed by atoms with van der Waals surface area (Å²) >= 11 is 0. The van der Waals surface area contributed by atoms with E-state index in [9.17, 15) is 14.4 Å². The molecule has 1 heterocycles. The average Bonchev–Trinajstić information content (AvgIpc) is 2.43. The molecular formula is C12H15N3O3. The summed E-state index contributed by atoms with van der Waals surface area (Å²) in [5, 5.41) is 0. The monoisotopic (exact) mass is 249 g/mol. The molecule has 0 N–H and O–H groups in total. The molecule has 1 saturated heterocycles. The van der Waals surface area contributed by atoms with Gasteiger partial charge in [-0.3, -0.25) is 14.4 Å². The standard InChI is InChI=1S/C12H15N3O3/c1-4-10(16)13-7-14(11(17)5-2)9-15(8-13)12(18)6-3/h4-6H,1-3,7-9H2. The Morgan fingerprint density at radius 1 is 0.667 bits per heavy atom. The minimum Gasteiger partial charge on any atom is -0.303 e. The summed E-state index contributed by atoms with van der Waals surface area (Å²) in [5.41, 5.74) is 0. The van der Waals surface area contributed by atoms with Gasteiger partial charge in [-0.1, -0.05) is 19.7 Å². The molecule has 0 bridgehead atoms. The third-order valence-electron chi connectivity index (χ3n) is 2.48. The van der Waals surface area contributed by atoms with Crippen LogP contribution in [-0.4, -0.2) is 52.4 Å². The van der Waals surface area contributed by atoms with Crippen LogP contribution in [0.1, 0.15) is 0 Å². The molecule has 0 aliphatic carbocycles. The van der Waals surface area contributed by atoms with Crippen molar-refractivity contribution in [1.29, 1.82) is 0 Å². The summed E-state index contributed by atoms with van der Waals surface area (Å²) in [4.78, 5) is 38.7. The first-order valence-electron chi connectivity index (χ1n) is 5.27. The second-order valence-corrected chi connectivity index (χ2v) is 3.67. The molecule has 0 unspecified atom stereocenters. The fraction of sp³-hybridized carbons (Fsp3) is 0.250. The van der Waals surface area contributed by atoms with Gasteiger partial charge in [0.2, 0.25) is 17.7 Å². The Hall–Kier alpha value is -2.37. The summed E-state index contributed by atoms with van der Waals surface area (Å²) in [6.07, 6.45) is 3.41. The van der Waals surface area contributed by atoms with Crippen LogP contribution in [0.3, 0.4) is 0 Å². The molecule has 0 spiro atoms. The van der Waals surface area contributed by atoms with Gasteiger partial charge in [-0.2, -0.15) is 0 Å². The van der Waals surface area contributed by atoms with Gasteiger partial charge in [0.05, 0.1) is 20.0 Å². The van der Waals surface area contributed by atoms with Crippen LogP contribution in [0.2, 0.25) is 0 Å². The lowest BCUT2D eigenvalue weighted by Crippen LogP contribution is -2.58. The van der Waals surface area contributed by atoms with E-state index >= 15 is 0 Å². The van der Waals surface area contributed by atoms with Gasteiger partial charge >= 0.3 is 0 Å². The van der Waals surface area contributed by atoms with Crippen molar-refractivity contribution in [3.05, 3.63) is 38.0 Å². The summed E-state index contributed by atoms with van der Waals surface area (Å²) in [6.45, 7) is 10.5. The predicted molar refractivity (Wildman–Crippen MR) is 65.7 cm³/mol. The predicted octanol–water partition coefficient (Wildman–Crippen LogP) is -0.0837.